The first-order valence-corrected chi connectivity index (χ1v) is 8.65. The highest BCUT2D eigenvalue weighted by Gasteiger charge is 2.29. The van der Waals surface area contributed by atoms with Gasteiger partial charge in [0.2, 0.25) is 0 Å². The summed E-state index contributed by atoms with van der Waals surface area (Å²) in [7, 11) is -9.77. The van der Waals surface area contributed by atoms with Gasteiger partial charge in [0.05, 0.1) is 0 Å². The molecule has 9 nitrogen and oxygen atoms in total. The third-order valence-electron chi connectivity index (χ3n) is 2.92. The van der Waals surface area contributed by atoms with Gasteiger partial charge in [0.15, 0.2) is 11.5 Å². The molecule has 0 aliphatic heterocycles. The maximum absolute atomic E-state index is 11.4. The lowest BCUT2D eigenvalue weighted by molar-refractivity contribution is 0.392. The molecule has 0 saturated heterocycles. The van der Waals surface area contributed by atoms with Crippen LogP contribution in [0.5, 0.6) is 11.5 Å². The third kappa shape index (κ3) is 2.92. The molecule has 0 spiro atoms. The average molecular weight is 349 g/mol. The summed E-state index contributed by atoms with van der Waals surface area (Å²) in [6.45, 7) is 0. The highest BCUT2D eigenvalue weighted by molar-refractivity contribution is 7.86. The molecule has 22 heavy (non-hydrogen) atoms. The van der Waals surface area contributed by atoms with Crippen molar-refractivity contribution in [3.63, 3.8) is 0 Å². The lowest BCUT2D eigenvalue weighted by atomic mass is 10.0. The Bertz CT molecular complexity index is 979. The molecule has 6 N–H and O–H groups in total. The van der Waals surface area contributed by atoms with Crippen molar-refractivity contribution in [3.05, 3.63) is 23.8 Å². The largest absolute Gasteiger partial charge is 0.504 e. The fourth-order valence-corrected chi connectivity index (χ4v) is 3.72. The van der Waals surface area contributed by atoms with E-state index < -0.39 is 47.9 Å². The van der Waals surface area contributed by atoms with Crippen LogP contribution in [0.1, 0.15) is 5.56 Å². The number of anilines is 1. The number of nitrogen functional groups attached to an aromatic ring is 1. The van der Waals surface area contributed by atoms with Crippen molar-refractivity contribution in [1.29, 1.82) is 0 Å². The summed E-state index contributed by atoms with van der Waals surface area (Å²) in [6, 6.07) is 3.66. The number of hydrogen-bond donors (Lipinski definition) is 5. The van der Waals surface area contributed by atoms with Gasteiger partial charge in [-0.3, -0.25) is 9.11 Å². The number of aromatic hydroxyl groups is 2. The van der Waals surface area contributed by atoms with Gasteiger partial charge >= 0.3 is 0 Å². The summed E-state index contributed by atoms with van der Waals surface area (Å²) in [6.07, 6.45) is 0. The Kier molecular flexibility index (Phi) is 3.69. The van der Waals surface area contributed by atoms with Crippen LogP contribution in [0.15, 0.2) is 23.1 Å². The second kappa shape index (κ2) is 4.98. The molecule has 0 heterocycles. The number of benzene rings is 2. The van der Waals surface area contributed by atoms with E-state index in [1.54, 1.807) is 0 Å². The Morgan fingerprint density at radius 1 is 0.955 bits per heavy atom. The Balaban J connectivity index is 3.08. The fourth-order valence-electron chi connectivity index (χ4n) is 2.12. The Hall–Kier alpha value is -2.08. The number of fused-ring (bicyclic) bond motifs is 1. The normalized spacial score (nSPS) is 12.6. The number of hydrogen-bond acceptors (Lipinski definition) is 7. The zero-order valence-electron chi connectivity index (χ0n) is 10.8. The van der Waals surface area contributed by atoms with Crippen molar-refractivity contribution in [2.45, 2.75) is 10.6 Å². The third-order valence-corrected chi connectivity index (χ3v) is 4.53. The van der Waals surface area contributed by atoms with Gasteiger partial charge in [-0.05, 0) is 17.5 Å². The van der Waals surface area contributed by atoms with Crippen LogP contribution in [0.25, 0.3) is 10.8 Å². The second-order valence-electron chi connectivity index (χ2n) is 4.51. The fraction of sp³-hybridized carbons (Fsp3) is 0.0909. The topological polar surface area (TPSA) is 175 Å². The molecule has 0 fully saturated rings. The molecule has 2 aromatic carbocycles. The van der Waals surface area contributed by atoms with E-state index in [0.717, 1.165) is 0 Å². The molecule has 0 unspecified atom stereocenters. The van der Waals surface area contributed by atoms with Crippen molar-refractivity contribution in [2.75, 3.05) is 5.73 Å². The molecule has 0 saturated carbocycles. The van der Waals surface area contributed by atoms with Crippen LogP contribution in [0, 0.1) is 0 Å². The van der Waals surface area contributed by atoms with Gasteiger partial charge in [0.25, 0.3) is 20.2 Å². The molecular formula is C11H11NO8S2. The minimum absolute atomic E-state index is 0.116. The zero-order valence-corrected chi connectivity index (χ0v) is 12.4. The lowest BCUT2D eigenvalue weighted by Gasteiger charge is -2.14. The molecule has 120 valence electrons. The molecule has 0 atom stereocenters. The number of phenolic OH excluding ortho intramolecular Hbond substituents is 2. The van der Waals surface area contributed by atoms with Crippen molar-refractivity contribution in [3.8, 4) is 11.5 Å². The van der Waals surface area contributed by atoms with Crippen molar-refractivity contribution < 1.29 is 36.2 Å². The zero-order chi connectivity index (χ0) is 16.9. The second-order valence-corrected chi connectivity index (χ2v) is 7.32. The van der Waals surface area contributed by atoms with E-state index in [1.165, 1.54) is 18.2 Å². The van der Waals surface area contributed by atoms with E-state index in [0.29, 0.717) is 0 Å². The average Bonchev–Trinajstić information content (AvgIpc) is 2.32. The predicted octanol–water partition coefficient (Wildman–Crippen LogP) is 0.468. The summed E-state index contributed by atoms with van der Waals surface area (Å²) in [5.74, 6) is -3.33. The van der Waals surface area contributed by atoms with Gasteiger partial charge in [-0.2, -0.15) is 16.8 Å². The van der Waals surface area contributed by atoms with E-state index in [4.69, 9.17) is 10.3 Å². The number of phenols is 2. The van der Waals surface area contributed by atoms with Crippen LogP contribution in [0.3, 0.4) is 0 Å². The highest BCUT2D eigenvalue weighted by atomic mass is 32.2. The van der Waals surface area contributed by atoms with Gasteiger partial charge in [0.1, 0.15) is 10.6 Å². The van der Waals surface area contributed by atoms with Crippen LogP contribution in [-0.4, -0.2) is 36.2 Å². The van der Waals surface area contributed by atoms with Gasteiger partial charge in [0, 0.05) is 16.6 Å². The molecule has 0 radical (unpaired) electrons. The predicted molar refractivity (Wildman–Crippen MR) is 76.8 cm³/mol. The minimum Gasteiger partial charge on any atom is -0.504 e. The van der Waals surface area contributed by atoms with Crippen molar-refractivity contribution >= 4 is 36.7 Å². The summed E-state index contributed by atoms with van der Waals surface area (Å²) in [5, 5.41) is 19.4. The molecule has 0 aromatic heterocycles. The molecule has 11 heteroatoms. The molecule has 2 rings (SSSR count). The Morgan fingerprint density at radius 3 is 2.05 bits per heavy atom. The van der Waals surface area contributed by atoms with Gasteiger partial charge in [-0.25, -0.2) is 0 Å². The smallest absolute Gasteiger partial charge is 0.298 e. The van der Waals surface area contributed by atoms with E-state index in [1.807, 2.05) is 0 Å². The standard InChI is InChI=1S/C11H11NO8S2/c12-5-1-2-6-7(3-5)9(13)10(14)11(22(18,19)20)8(6)4-21(15,16)17/h1-3,13-14H,4,12H2,(H,15,16,17)(H,18,19,20). The molecule has 0 aliphatic carbocycles. The highest BCUT2D eigenvalue weighted by Crippen LogP contribution is 2.43. The van der Waals surface area contributed by atoms with Crippen molar-refractivity contribution in [2.24, 2.45) is 0 Å². The summed E-state index contributed by atoms with van der Waals surface area (Å²) >= 11 is 0. The summed E-state index contributed by atoms with van der Waals surface area (Å²) in [4.78, 5) is -1.19. The molecule has 2 aromatic rings. The van der Waals surface area contributed by atoms with Crippen LogP contribution < -0.4 is 5.73 Å². The van der Waals surface area contributed by atoms with Crippen molar-refractivity contribution in [1.82, 2.24) is 0 Å². The molecule has 0 amide bonds. The molecule has 0 bridgehead atoms. The lowest BCUT2D eigenvalue weighted by Crippen LogP contribution is -2.10. The quantitative estimate of drug-likeness (QED) is 0.299. The summed E-state index contributed by atoms with van der Waals surface area (Å²) in [5.41, 5.74) is 5.08. The number of rotatable bonds is 3. The van der Waals surface area contributed by atoms with E-state index in [9.17, 15) is 31.6 Å². The van der Waals surface area contributed by atoms with Crippen LogP contribution in [0.4, 0.5) is 5.69 Å². The first-order valence-electron chi connectivity index (χ1n) is 5.60. The van der Waals surface area contributed by atoms with Crippen LogP contribution >= 0.6 is 0 Å². The van der Waals surface area contributed by atoms with Crippen LogP contribution in [-0.2, 0) is 26.0 Å². The number of nitrogens with two attached hydrogens (primary N) is 1. The maximum Gasteiger partial charge on any atom is 0.298 e. The van der Waals surface area contributed by atoms with Gasteiger partial charge in [-0.15, -0.1) is 0 Å². The first-order chi connectivity index (χ1) is 9.92. The van der Waals surface area contributed by atoms with E-state index in [-0.39, 0.29) is 16.5 Å². The van der Waals surface area contributed by atoms with E-state index >= 15 is 0 Å². The monoisotopic (exact) mass is 349 g/mol. The Morgan fingerprint density at radius 2 is 1.55 bits per heavy atom. The summed E-state index contributed by atoms with van der Waals surface area (Å²) < 4.78 is 63.2. The molecular weight excluding hydrogens is 338 g/mol. The maximum atomic E-state index is 11.4. The minimum atomic E-state index is -5.08. The van der Waals surface area contributed by atoms with E-state index in [2.05, 4.69) is 0 Å². The van der Waals surface area contributed by atoms with Crippen LogP contribution in [0.2, 0.25) is 0 Å². The molecule has 0 aliphatic rings. The SMILES string of the molecule is Nc1ccc2c(CS(=O)(=O)O)c(S(=O)(=O)O)c(O)c(O)c2c1. The first kappa shape index (κ1) is 16.3. The van der Waals surface area contributed by atoms with Gasteiger partial charge in [-0.1, -0.05) is 6.07 Å². The Labute approximate surface area is 125 Å². The van der Waals surface area contributed by atoms with Gasteiger partial charge < -0.3 is 15.9 Å².